The first kappa shape index (κ1) is 18.9. The lowest BCUT2D eigenvalue weighted by molar-refractivity contribution is -0.385. The predicted molar refractivity (Wildman–Crippen MR) is 95.9 cm³/mol. The number of nitro groups is 1. The van der Waals surface area contributed by atoms with E-state index in [0.717, 1.165) is 11.6 Å². The van der Waals surface area contributed by atoms with Crippen molar-refractivity contribution in [1.29, 1.82) is 0 Å². The second kappa shape index (κ2) is 8.60. The zero-order chi connectivity index (χ0) is 18.4. The van der Waals surface area contributed by atoms with Gasteiger partial charge in [0.1, 0.15) is 11.7 Å². The molecule has 0 aromatic heterocycles. The fourth-order valence-electron chi connectivity index (χ4n) is 2.36. The molecule has 25 heavy (non-hydrogen) atoms. The van der Waals surface area contributed by atoms with E-state index in [1.807, 2.05) is 49.3 Å². The highest BCUT2D eigenvalue weighted by Crippen LogP contribution is 2.28. The van der Waals surface area contributed by atoms with Crippen LogP contribution in [-0.4, -0.2) is 36.4 Å². The third-order valence-corrected chi connectivity index (χ3v) is 3.87. The number of ether oxygens (including phenoxy) is 1. The van der Waals surface area contributed by atoms with Gasteiger partial charge in [-0.25, -0.2) is 4.79 Å². The second-order valence-electron chi connectivity index (χ2n) is 5.82. The summed E-state index contributed by atoms with van der Waals surface area (Å²) in [6, 6.07) is 13.2. The van der Waals surface area contributed by atoms with Gasteiger partial charge in [0.2, 0.25) is 0 Å². The topological polar surface area (TPSA) is 72.7 Å². The van der Waals surface area contributed by atoms with E-state index >= 15 is 0 Å². The van der Waals surface area contributed by atoms with Gasteiger partial charge < -0.3 is 9.64 Å². The molecule has 0 aliphatic rings. The first-order valence-corrected chi connectivity index (χ1v) is 8.11. The Morgan fingerprint density at radius 3 is 2.52 bits per heavy atom. The second-order valence-corrected chi connectivity index (χ2v) is 6.25. The molecule has 0 bridgehead atoms. The molecule has 0 aliphatic carbocycles. The molecule has 6 nitrogen and oxygen atoms in total. The van der Waals surface area contributed by atoms with Crippen LogP contribution in [0.5, 0.6) is 0 Å². The van der Waals surface area contributed by atoms with Crippen LogP contribution in [0, 0.1) is 10.1 Å². The fourth-order valence-corrected chi connectivity index (χ4v) is 2.52. The van der Waals surface area contributed by atoms with Crippen LogP contribution in [-0.2, 0) is 4.74 Å². The summed E-state index contributed by atoms with van der Waals surface area (Å²) in [6.45, 7) is 0.704. The van der Waals surface area contributed by atoms with Gasteiger partial charge in [0.25, 0.3) is 5.69 Å². The number of benzene rings is 2. The van der Waals surface area contributed by atoms with E-state index in [0.29, 0.717) is 13.0 Å². The lowest BCUT2D eigenvalue weighted by atomic mass is 10.1. The average Bonchev–Trinajstić information content (AvgIpc) is 2.58. The molecule has 2 aromatic carbocycles. The Hall–Kier alpha value is -2.44. The molecule has 0 fully saturated rings. The Morgan fingerprint density at radius 2 is 1.92 bits per heavy atom. The van der Waals surface area contributed by atoms with Gasteiger partial charge in [-0.1, -0.05) is 41.9 Å². The molecule has 0 unspecified atom stereocenters. The summed E-state index contributed by atoms with van der Waals surface area (Å²) in [7, 11) is 3.85. The number of carbonyl (C=O) groups is 1. The molecule has 0 amide bonds. The van der Waals surface area contributed by atoms with Crippen molar-refractivity contribution in [3.8, 4) is 0 Å². The van der Waals surface area contributed by atoms with Crippen molar-refractivity contribution in [3.05, 3.63) is 74.8 Å². The summed E-state index contributed by atoms with van der Waals surface area (Å²) in [6.07, 6.45) is 0.0795. The van der Waals surface area contributed by atoms with Crippen molar-refractivity contribution in [2.75, 3.05) is 20.6 Å². The van der Waals surface area contributed by atoms with E-state index < -0.39 is 17.0 Å². The summed E-state index contributed by atoms with van der Waals surface area (Å²) in [5.41, 5.74) is 0.367. The number of esters is 1. The molecule has 2 aromatic rings. The van der Waals surface area contributed by atoms with Crippen molar-refractivity contribution in [2.24, 2.45) is 0 Å². The van der Waals surface area contributed by atoms with Crippen LogP contribution >= 0.6 is 11.6 Å². The smallest absolute Gasteiger partial charge is 0.345 e. The van der Waals surface area contributed by atoms with E-state index in [2.05, 4.69) is 0 Å². The number of nitro benzene ring substituents is 1. The highest BCUT2D eigenvalue weighted by Gasteiger charge is 2.25. The van der Waals surface area contributed by atoms with Crippen LogP contribution < -0.4 is 0 Å². The predicted octanol–water partition coefficient (Wildman–Crippen LogP) is 4.10. The van der Waals surface area contributed by atoms with E-state index in [1.165, 1.54) is 12.1 Å². The van der Waals surface area contributed by atoms with Gasteiger partial charge in [-0.05, 0) is 31.8 Å². The van der Waals surface area contributed by atoms with Gasteiger partial charge in [0, 0.05) is 24.1 Å². The highest BCUT2D eigenvalue weighted by molar-refractivity contribution is 6.31. The van der Waals surface area contributed by atoms with Crippen molar-refractivity contribution in [3.63, 3.8) is 0 Å². The largest absolute Gasteiger partial charge is 0.454 e. The lowest BCUT2D eigenvalue weighted by Gasteiger charge is -2.20. The molecular formula is C18H19ClN2O4. The number of hydrogen-bond acceptors (Lipinski definition) is 5. The van der Waals surface area contributed by atoms with Crippen molar-refractivity contribution < 1.29 is 14.5 Å². The summed E-state index contributed by atoms with van der Waals surface area (Å²) < 4.78 is 5.59. The summed E-state index contributed by atoms with van der Waals surface area (Å²) in [5.74, 6) is -0.740. The van der Waals surface area contributed by atoms with Crippen molar-refractivity contribution in [2.45, 2.75) is 12.5 Å². The summed E-state index contributed by atoms with van der Waals surface area (Å²) in [5, 5.41) is 11.4. The molecular weight excluding hydrogens is 344 g/mol. The van der Waals surface area contributed by atoms with Gasteiger partial charge in [0.15, 0.2) is 0 Å². The standard InChI is InChI=1S/C18H19ClN2O4/c1-20(2)11-10-17(13-6-4-3-5-7-13)25-18(22)15-9-8-14(19)12-16(15)21(23)24/h3-9,12,17H,10-11H2,1-2H3/t17-/m0/s1. The van der Waals surface area contributed by atoms with Crippen molar-refractivity contribution in [1.82, 2.24) is 4.90 Å². The number of rotatable bonds is 7. The van der Waals surface area contributed by atoms with Gasteiger partial charge in [-0.15, -0.1) is 0 Å². The first-order chi connectivity index (χ1) is 11.9. The Kier molecular flexibility index (Phi) is 6.50. The highest BCUT2D eigenvalue weighted by atomic mass is 35.5. The molecule has 132 valence electrons. The van der Waals surface area contributed by atoms with Crippen LogP contribution in [0.4, 0.5) is 5.69 Å². The molecule has 1 atom stereocenters. The molecule has 0 saturated carbocycles. The zero-order valence-corrected chi connectivity index (χ0v) is 14.8. The zero-order valence-electron chi connectivity index (χ0n) is 14.0. The molecule has 0 radical (unpaired) electrons. The van der Waals surface area contributed by atoms with Gasteiger partial charge in [0.05, 0.1) is 4.92 Å². The maximum Gasteiger partial charge on any atom is 0.345 e. The molecule has 0 saturated heterocycles. The number of nitrogens with zero attached hydrogens (tertiary/aromatic N) is 2. The monoisotopic (exact) mass is 362 g/mol. The minimum Gasteiger partial charge on any atom is -0.454 e. The summed E-state index contributed by atoms with van der Waals surface area (Å²) in [4.78, 5) is 25.0. The van der Waals surface area contributed by atoms with Crippen LogP contribution in [0.15, 0.2) is 48.5 Å². The number of carbonyl (C=O) groups excluding carboxylic acids is 1. The normalized spacial score (nSPS) is 12.0. The first-order valence-electron chi connectivity index (χ1n) is 7.73. The van der Waals surface area contributed by atoms with Crippen molar-refractivity contribution >= 4 is 23.3 Å². The average molecular weight is 363 g/mol. The van der Waals surface area contributed by atoms with E-state index in [9.17, 15) is 14.9 Å². The quantitative estimate of drug-likeness (QED) is 0.421. The molecule has 0 aliphatic heterocycles. The van der Waals surface area contributed by atoms with E-state index in [4.69, 9.17) is 16.3 Å². The van der Waals surface area contributed by atoms with Gasteiger partial charge >= 0.3 is 5.97 Å². The van der Waals surface area contributed by atoms with Gasteiger partial charge in [-0.3, -0.25) is 10.1 Å². The van der Waals surface area contributed by atoms with Crippen LogP contribution in [0.3, 0.4) is 0 Å². The Bertz CT molecular complexity index is 750. The lowest BCUT2D eigenvalue weighted by Crippen LogP contribution is -2.20. The Labute approximate surface area is 151 Å². The van der Waals surface area contributed by atoms with Crippen LogP contribution in [0.2, 0.25) is 5.02 Å². The third kappa shape index (κ3) is 5.27. The molecule has 0 heterocycles. The van der Waals surface area contributed by atoms with Crippen LogP contribution in [0.1, 0.15) is 28.4 Å². The maximum absolute atomic E-state index is 12.5. The number of hydrogen-bond donors (Lipinski definition) is 0. The summed E-state index contributed by atoms with van der Waals surface area (Å²) >= 11 is 5.79. The Morgan fingerprint density at radius 1 is 1.24 bits per heavy atom. The van der Waals surface area contributed by atoms with E-state index in [-0.39, 0.29) is 16.3 Å². The fraction of sp³-hybridized carbons (Fsp3) is 0.278. The molecule has 2 rings (SSSR count). The van der Waals surface area contributed by atoms with Crippen LogP contribution in [0.25, 0.3) is 0 Å². The maximum atomic E-state index is 12.5. The number of halogens is 1. The molecule has 7 heteroatoms. The van der Waals surface area contributed by atoms with Gasteiger partial charge in [-0.2, -0.15) is 0 Å². The minimum atomic E-state index is -0.740. The molecule has 0 N–H and O–H groups in total. The SMILES string of the molecule is CN(C)CC[C@H](OC(=O)c1ccc(Cl)cc1[N+](=O)[O-])c1ccccc1. The molecule has 0 spiro atoms. The Balaban J connectivity index is 2.26. The third-order valence-electron chi connectivity index (χ3n) is 3.64. The van der Waals surface area contributed by atoms with E-state index in [1.54, 1.807) is 0 Å². The minimum absolute atomic E-state index is 0.111.